The van der Waals surface area contributed by atoms with Crippen molar-refractivity contribution in [2.75, 3.05) is 5.32 Å². The van der Waals surface area contributed by atoms with Gasteiger partial charge in [0.1, 0.15) is 0 Å². The van der Waals surface area contributed by atoms with Crippen molar-refractivity contribution in [3.63, 3.8) is 0 Å². The molecule has 1 amide bonds. The third-order valence-corrected chi connectivity index (χ3v) is 2.48. The van der Waals surface area contributed by atoms with Crippen LogP contribution in [0.3, 0.4) is 0 Å². The zero-order valence-electron chi connectivity index (χ0n) is 10.2. The molecule has 0 aliphatic heterocycles. The summed E-state index contributed by atoms with van der Waals surface area (Å²) in [6.07, 6.45) is 1.74. The number of nitrogens with zero attached hydrogens (tertiary/aromatic N) is 1. The molecule has 2 aromatic rings. The van der Waals surface area contributed by atoms with E-state index in [0.29, 0.717) is 0 Å². The molecule has 2 rings (SSSR count). The van der Waals surface area contributed by atoms with Crippen molar-refractivity contribution in [3.8, 4) is 0 Å². The molecular weight excluding hydrogens is 228 g/mol. The number of aromatic amines is 1. The van der Waals surface area contributed by atoms with Gasteiger partial charge in [0.05, 0.1) is 0 Å². The maximum Gasteiger partial charge on any atom is 0.221 e. The van der Waals surface area contributed by atoms with Crippen LogP contribution in [0.25, 0.3) is 0 Å². The zero-order valence-corrected chi connectivity index (χ0v) is 10.2. The third kappa shape index (κ3) is 3.71. The second-order valence-electron chi connectivity index (χ2n) is 4.06. The fourth-order valence-corrected chi connectivity index (χ4v) is 1.63. The number of anilines is 1. The molecule has 0 fully saturated rings. The lowest BCUT2D eigenvalue weighted by atomic mass is 10.2. The number of carbonyl (C=O) groups excluding carboxylic acids is 1. The van der Waals surface area contributed by atoms with Crippen molar-refractivity contribution in [2.24, 2.45) is 0 Å². The Morgan fingerprint density at radius 3 is 2.61 bits per heavy atom. The average Bonchev–Trinajstić information content (AvgIpc) is 2.84. The largest absolute Gasteiger partial charge is 0.326 e. The number of amides is 1. The highest BCUT2D eigenvalue weighted by molar-refractivity contribution is 5.88. The van der Waals surface area contributed by atoms with E-state index in [1.807, 2.05) is 30.3 Å². The second-order valence-corrected chi connectivity index (χ2v) is 4.06. The molecule has 18 heavy (non-hydrogen) atoms. The summed E-state index contributed by atoms with van der Waals surface area (Å²) in [6.45, 7) is 3.03. The molecular formula is C13H16N4O. The van der Waals surface area contributed by atoms with E-state index in [2.05, 4.69) is 20.8 Å². The van der Waals surface area contributed by atoms with Gasteiger partial charge >= 0.3 is 0 Å². The summed E-state index contributed by atoms with van der Waals surface area (Å²) < 4.78 is 0. The number of benzene rings is 1. The quantitative estimate of drug-likeness (QED) is 0.749. The Kier molecular flexibility index (Phi) is 4.09. The summed E-state index contributed by atoms with van der Waals surface area (Å²) in [5, 5.41) is 12.8. The number of rotatable bonds is 5. The minimum Gasteiger partial charge on any atom is -0.326 e. The molecule has 1 heterocycles. The van der Waals surface area contributed by atoms with E-state index in [1.54, 1.807) is 6.20 Å². The van der Waals surface area contributed by atoms with E-state index in [0.717, 1.165) is 24.5 Å². The zero-order chi connectivity index (χ0) is 12.8. The van der Waals surface area contributed by atoms with Gasteiger partial charge in [0.2, 0.25) is 5.91 Å². The van der Waals surface area contributed by atoms with E-state index in [1.165, 1.54) is 12.5 Å². The van der Waals surface area contributed by atoms with Crippen LogP contribution in [-0.4, -0.2) is 16.1 Å². The van der Waals surface area contributed by atoms with Crippen LogP contribution in [0, 0.1) is 0 Å². The predicted molar refractivity (Wildman–Crippen MR) is 69.9 cm³/mol. The van der Waals surface area contributed by atoms with Crippen LogP contribution in [0.15, 0.2) is 36.5 Å². The molecule has 0 bridgehead atoms. The number of hydrogen-bond donors (Lipinski definition) is 3. The molecule has 5 heteroatoms. The van der Waals surface area contributed by atoms with Gasteiger partial charge in [-0.1, -0.05) is 12.1 Å². The molecule has 0 aliphatic carbocycles. The highest BCUT2D eigenvalue weighted by atomic mass is 16.1. The Bertz CT molecular complexity index is 490. The standard InChI is InChI=1S/C13H16N4O/c1-10(18)16-12-4-2-11(3-5-12)8-14-9-13-6-7-15-17-13/h2-7,14H,8-9H2,1H3,(H,15,17)(H,16,18). The van der Waals surface area contributed by atoms with Crippen LogP contribution >= 0.6 is 0 Å². The number of nitrogens with one attached hydrogen (secondary N) is 3. The lowest BCUT2D eigenvalue weighted by Gasteiger charge is -2.05. The van der Waals surface area contributed by atoms with Gasteiger partial charge < -0.3 is 10.6 Å². The second kappa shape index (κ2) is 5.97. The highest BCUT2D eigenvalue weighted by Crippen LogP contribution is 2.09. The van der Waals surface area contributed by atoms with Crippen LogP contribution in [0.2, 0.25) is 0 Å². The van der Waals surface area contributed by atoms with Gasteiger partial charge in [0.15, 0.2) is 0 Å². The molecule has 0 radical (unpaired) electrons. The van der Waals surface area contributed by atoms with Crippen LogP contribution in [0.1, 0.15) is 18.2 Å². The summed E-state index contributed by atoms with van der Waals surface area (Å²) in [5.41, 5.74) is 3.05. The molecule has 5 nitrogen and oxygen atoms in total. The summed E-state index contributed by atoms with van der Waals surface area (Å²) in [7, 11) is 0. The number of aromatic nitrogens is 2. The van der Waals surface area contributed by atoms with Gasteiger partial charge in [-0.2, -0.15) is 5.10 Å². The molecule has 0 saturated carbocycles. The van der Waals surface area contributed by atoms with E-state index in [9.17, 15) is 4.79 Å². The van der Waals surface area contributed by atoms with Gasteiger partial charge in [0.25, 0.3) is 0 Å². The van der Waals surface area contributed by atoms with Crippen molar-refractivity contribution < 1.29 is 4.79 Å². The molecule has 0 atom stereocenters. The minimum absolute atomic E-state index is 0.0554. The normalized spacial score (nSPS) is 10.3. The Labute approximate surface area is 106 Å². The topological polar surface area (TPSA) is 69.8 Å². The van der Waals surface area contributed by atoms with Crippen molar-refractivity contribution in [1.82, 2.24) is 15.5 Å². The SMILES string of the molecule is CC(=O)Nc1ccc(CNCc2ccn[nH]2)cc1. The first-order valence-electron chi connectivity index (χ1n) is 5.79. The molecule has 0 aliphatic rings. The first kappa shape index (κ1) is 12.3. The molecule has 0 spiro atoms. The van der Waals surface area contributed by atoms with Crippen LogP contribution in [0.5, 0.6) is 0 Å². The fourth-order valence-electron chi connectivity index (χ4n) is 1.63. The minimum atomic E-state index is -0.0554. The molecule has 1 aromatic carbocycles. The van der Waals surface area contributed by atoms with Crippen molar-refractivity contribution in [1.29, 1.82) is 0 Å². The highest BCUT2D eigenvalue weighted by Gasteiger charge is 1.97. The Morgan fingerprint density at radius 1 is 1.22 bits per heavy atom. The summed E-state index contributed by atoms with van der Waals surface area (Å²) in [4.78, 5) is 10.9. The number of carbonyl (C=O) groups is 1. The van der Waals surface area contributed by atoms with E-state index >= 15 is 0 Å². The monoisotopic (exact) mass is 244 g/mol. The number of hydrogen-bond acceptors (Lipinski definition) is 3. The lowest BCUT2D eigenvalue weighted by Crippen LogP contribution is -2.13. The Balaban J connectivity index is 1.81. The first-order valence-corrected chi connectivity index (χ1v) is 5.79. The summed E-state index contributed by atoms with van der Waals surface area (Å²) in [5.74, 6) is -0.0554. The van der Waals surface area contributed by atoms with Crippen molar-refractivity contribution in [3.05, 3.63) is 47.8 Å². The third-order valence-electron chi connectivity index (χ3n) is 2.48. The molecule has 3 N–H and O–H groups in total. The molecule has 1 aromatic heterocycles. The average molecular weight is 244 g/mol. The van der Waals surface area contributed by atoms with Gasteiger partial charge in [0, 0.05) is 37.6 Å². The predicted octanol–water partition coefficient (Wildman–Crippen LogP) is 1.66. The van der Waals surface area contributed by atoms with Crippen LogP contribution in [-0.2, 0) is 17.9 Å². The molecule has 0 saturated heterocycles. The van der Waals surface area contributed by atoms with Gasteiger partial charge in [-0.15, -0.1) is 0 Å². The van der Waals surface area contributed by atoms with Crippen LogP contribution in [0.4, 0.5) is 5.69 Å². The summed E-state index contributed by atoms with van der Waals surface area (Å²) in [6, 6.07) is 9.71. The Hall–Kier alpha value is -2.14. The molecule has 0 unspecified atom stereocenters. The van der Waals surface area contributed by atoms with E-state index in [-0.39, 0.29) is 5.91 Å². The first-order chi connectivity index (χ1) is 8.74. The maximum absolute atomic E-state index is 10.9. The fraction of sp³-hybridized carbons (Fsp3) is 0.231. The smallest absolute Gasteiger partial charge is 0.221 e. The summed E-state index contributed by atoms with van der Waals surface area (Å²) >= 11 is 0. The maximum atomic E-state index is 10.9. The van der Waals surface area contributed by atoms with Crippen LogP contribution < -0.4 is 10.6 Å². The van der Waals surface area contributed by atoms with Crippen molar-refractivity contribution >= 4 is 11.6 Å². The van der Waals surface area contributed by atoms with E-state index < -0.39 is 0 Å². The Morgan fingerprint density at radius 2 is 2.00 bits per heavy atom. The van der Waals surface area contributed by atoms with Crippen molar-refractivity contribution in [2.45, 2.75) is 20.0 Å². The van der Waals surface area contributed by atoms with E-state index in [4.69, 9.17) is 0 Å². The number of H-pyrrole nitrogens is 1. The van der Waals surface area contributed by atoms with Gasteiger partial charge in [-0.05, 0) is 23.8 Å². The molecule has 94 valence electrons. The van der Waals surface area contributed by atoms with Gasteiger partial charge in [-0.3, -0.25) is 9.89 Å². The van der Waals surface area contributed by atoms with Gasteiger partial charge in [-0.25, -0.2) is 0 Å². The lowest BCUT2D eigenvalue weighted by molar-refractivity contribution is -0.114.